The van der Waals surface area contributed by atoms with Gasteiger partial charge in [-0.05, 0) is 30.4 Å². The number of rotatable bonds is 5. The normalized spacial score (nSPS) is 16.9. The van der Waals surface area contributed by atoms with E-state index in [1.807, 2.05) is 25.3 Å². The van der Waals surface area contributed by atoms with Gasteiger partial charge in [0.25, 0.3) is 0 Å². The van der Waals surface area contributed by atoms with Crippen molar-refractivity contribution in [3.8, 4) is 11.5 Å². The third-order valence-electron chi connectivity index (χ3n) is 4.65. The molecule has 5 heteroatoms. The second-order valence-electron chi connectivity index (χ2n) is 6.39. The van der Waals surface area contributed by atoms with Crippen molar-refractivity contribution < 1.29 is 9.21 Å². The molecule has 2 aromatic rings. The van der Waals surface area contributed by atoms with E-state index >= 15 is 0 Å². The van der Waals surface area contributed by atoms with Crippen LogP contribution in [0.1, 0.15) is 38.5 Å². The Morgan fingerprint density at radius 3 is 2.91 bits per heavy atom. The van der Waals surface area contributed by atoms with Crippen LogP contribution in [0.5, 0.6) is 0 Å². The number of nitrogens with zero attached hydrogens (tertiary/aromatic N) is 2. The smallest absolute Gasteiger partial charge is 0.225 e. The summed E-state index contributed by atoms with van der Waals surface area (Å²) in [7, 11) is 1.83. The number of anilines is 1. The van der Waals surface area contributed by atoms with Gasteiger partial charge >= 0.3 is 0 Å². The van der Waals surface area contributed by atoms with E-state index in [0.29, 0.717) is 23.6 Å². The second kappa shape index (κ2) is 6.44. The highest BCUT2D eigenvalue weighted by atomic mass is 16.3. The average Bonchev–Trinajstić information content (AvgIpc) is 3.17. The monoisotopic (exact) mass is 313 g/mol. The molecule has 1 aliphatic rings. The lowest BCUT2D eigenvalue weighted by atomic mass is 9.72. The first-order valence-corrected chi connectivity index (χ1v) is 8.13. The zero-order chi connectivity index (χ0) is 16.3. The number of hydrogen-bond donors (Lipinski definition) is 1. The maximum absolute atomic E-state index is 12.5. The number of carbonyl (C=O) groups excluding carboxylic acids is 1. The highest BCUT2D eigenvalue weighted by molar-refractivity contribution is 5.94. The molecule has 2 aromatic heterocycles. The van der Waals surface area contributed by atoms with Crippen molar-refractivity contribution in [3.05, 3.63) is 37.2 Å². The lowest BCUT2D eigenvalue weighted by Gasteiger charge is -2.33. The summed E-state index contributed by atoms with van der Waals surface area (Å²) in [6.45, 7) is 3.97. The van der Waals surface area contributed by atoms with Crippen molar-refractivity contribution in [2.75, 3.05) is 5.32 Å². The summed E-state index contributed by atoms with van der Waals surface area (Å²) in [6.07, 6.45) is 11.5. The van der Waals surface area contributed by atoms with Gasteiger partial charge in [0.1, 0.15) is 0 Å². The van der Waals surface area contributed by atoms with E-state index in [4.69, 9.17) is 4.42 Å². The standard InChI is InChI=1S/C18H23N3O2/c1-3-18(9-5-4-6-10-18)12-16(22)19-14-13-21(2)20-17(14)15-8-7-11-23-15/h3,7-8,11,13H,1,4-6,9-10,12H2,2H3,(H,19,22). The molecule has 0 bridgehead atoms. The Bertz CT molecular complexity index is 679. The summed E-state index contributed by atoms with van der Waals surface area (Å²) in [4.78, 5) is 12.5. The third kappa shape index (κ3) is 3.38. The van der Waals surface area contributed by atoms with Crippen LogP contribution in [0.4, 0.5) is 5.69 Å². The molecule has 0 aliphatic heterocycles. The van der Waals surface area contributed by atoms with Crippen molar-refractivity contribution in [2.45, 2.75) is 38.5 Å². The van der Waals surface area contributed by atoms with Crippen LogP contribution in [-0.4, -0.2) is 15.7 Å². The van der Waals surface area contributed by atoms with Crippen LogP contribution in [0.3, 0.4) is 0 Å². The first kappa shape index (κ1) is 15.6. The van der Waals surface area contributed by atoms with E-state index in [1.54, 1.807) is 17.1 Å². The van der Waals surface area contributed by atoms with Crippen molar-refractivity contribution in [1.29, 1.82) is 0 Å². The summed E-state index contributed by atoms with van der Waals surface area (Å²) < 4.78 is 7.08. The molecule has 3 rings (SSSR count). The molecule has 0 radical (unpaired) electrons. The molecule has 1 N–H and O–H groups in total. The molecule has 0 unspecified atom stereocenters. The van der Waals surface area contributed by atoms with Crippen molar-refractivity contribution in [1.82, 2.24) is 9.78 Å². The number of aryl methyl sites for hydroxylation is 1. The van der Waals surface area contributed by atoms with Crippen molar-refractivity contribution >= 4 is 11.6 Å². The number of nitrogens with one attached hydrogen (secondary N) is 1. The highest BCUT2D eigenvalue weighted by Gasteiger charge is 2.31. The van der Waals surface area contributed by atoms with E-state index in [9.17, 15) is 4.79 Å². The Morgan fingerprint density at radius 1 is 1.48 bits per heavy atom. The van der Waals surface area contributed by atoms with Crippen molar-refractivity contribution in [3.63, 3.8) is 0 Å². The fourth-order valence-electron chi connectivity index (χ4n) is 3.40. The van der Waals surface area contributed by atoms with Crippen LogP contribution in [0, 0.1) is 5.41 Å². The van der Waals surface area contributed by atoms with Crippen molar-refractivity contribution in [2.24, 2.45) is 12.5 Å². The predicted octanol–water partition coefficient (Wildman–Crippen LogP) is 4.15. The Kier molecular flexibility index (Phi) is 4.37. The lowest BCUT2D eigenvalue weighted by molar-refractivity contribution is -0.118. The van der Waals surface area contributed by atoms with Crippen LogP contribution in [0.15, 0.2) is 41.7 Å². The topological polar surface area (TPSA) is 60.1 Å². The van der Waals surface area contributed by atoms with Gasteiger partial charge in [0.15, 0.2) is 11.5 Å². The van der Waals surface area contributed by atoms with Gasteiger partial charge in [0, 0.05) is 19.7 Å². The lowest BCUT2D eigenvalue weighted by Crippen LogP contribution is -2.28. The number of carbonyl (C=O) groups is 1. The predicted molar refractivity (Wildman–Crippen MR) is 89.9 cm³/mol. The van der Waals surface area contributed by atoms with Gasteiger partial charge in [-0.15, -0.1) is 6.58 Å². The molecule has 1 saturated carbocycles. The van der Waals surface area contributed by atoms with E-state index in [2.05, 4.69) is 17.0 Å². The van der Waals surface area contributed by atoms with Gasteiger partial charge in [-0.25, -0.2) is 0 Å². The molecule has 1 aliphatic carbocycles. The molecule has 0 spiro atoms. The van der Waals surface area contributed by atoms with E-state index < -0.39 is 0 Å². The summed E-state index contributed by atoms with van der Waals surface area (Å²) in [6, 6.07) is 3.65. The van der Waals surface area contributed by atoms with Gasteiger partial charge in [0.2, 0.25) is 5.91 Å². The largest absolute Gasteiger partial charge is 0.463 e. The zero-order valence-corrected chi connectivity index (χ0v) is 13.5. The zero-order valence-electron chi connectivity index (χ0n) is 13.5. The first-order valence-electron chi connectivity index (χ1n) is 8.13. The summed E-state index contributed by atoms with van der Waals surface area (Å²) in [5.74, 6) is 0.657. The summed E-state index contributed by atoms with van der Waals surface area (Å²) >= 11 is 0. The second-order valence-corrected chi connectivity index (χ2v) is 6.39. The molecule has 23 heavy (non-hydrogen) atoms. The molecule has 122 valence electrons. The Balaban J connectivity index is 1.74. The fraction of sp³-hybridized carbons (Fsp3) is 0.444. The molecule has 5 nitrogen and oxygen atoms in total. The van der Waals surface area contributed by atoms with Crippen LogP contribution in [-0.2, 0) is 11.8 Å². The average molecular weight is 313 g/mol. The molecular formula is C18H23N3O2. The Hall–Kier alpha value is -2.30. The Labute approximate surface area is 136 Å². The molecule has 1 fully saturated rings. The SMILES string of the molecule is C=CC1(CC(=O)Nc2cn(C)nc2-c2ccco2)CCCCC1. The van der Waals surface area contributed by atoms with Gasteiger partial charge in [-0.3, -0.25) is 9.48 Å². The minimum atomic E-state index is -0.0601. The van der Waals surface area contributed by atoms with E-state index in [-0.39, 0.29) is 11.3 Å². The van der Waals surface area contributed by atoms with Crippen LogP contribution >= 0.6 is 0 Å². The minimum Gasteiger partial charge on any atom is -0.463 e. The third-order valence-corrected chi connectivity index (χ3v) is 4.65. The maximum atomic E-state index is 12.5. The quantitative estimate of drug-likeness (QED) is 0.844. The van der Waals surface area contributed by atoms with Gasteiger partial charge in [-0.1, -0.05) is 25.3 Å². The number of aromatic nitrogens is 2. The van der Waals surface area contributed by atoms with Crippen LogP contribution in [0.2, 0.25) is 0 Å². The number of amides is 1. The Morgan fingerprint density at radius 2 is 2.26 bits per heavy atom. The fourth-order valence-corrected chi connectivity index (χ4v) is 3.40. The number of allylic oxidation sites excluding steroid dienone is 1. The van der Waals surface area contributed by atoms with E-state index in [0.717, 1.165) is 12.8 Å². The molecule has 0 aromatic carbocycles. The summed E-state index contributed by atoms with van der Waals surface area (Å²) in [5.41, 5.74) is 1.28. The van der Waals surface area contributed by atoms with Gasteiger partial charge in [-0.2, -0.15) is 5.10 Å². The molecular weight excluding hydrogens is 290 g/mol. The van der Waals surface area contributed by atoms with Gasteiger partial charge < -0.3 is 9.73 Å². The minimum absolute atomic E-state index is 0.00704. The van der Waals surface area contributed by atoms with Crippen LogP contribution < -0.4 is 5.32 Å². The molecule has 1 amide bonds. The first-order chi connectivity index (χ1) is 11.1. The van der Waals surface area contributed by atoms with Crippen LogP contribution in [0.25, 0.3) is 11.5 Å². The molecule has 0 saturated heterocycles. The molecule has 0 atom stereocenters. The summed E-state index contributed by atoms with van der Waals surface area (Å²) in [5, 5.41) is 7.37. The maximum Gasteiger partial charge on any atom is 0.225 e. The van der Waals surface area contributed by atoms with E-state index in [1.165, 1.54) is 19.3 Å². The number of hydrogen-bond acceptors (Lipinski definition) is 3. The van der Waals surface area contributed by atoms with Gasteiger partial charge in [0.05, 0.1) is 12.0 Å². The number of furan rings is 1. The highest BCUT2D eigenvalue weighted by Crippen LogP contribution is 2.40. The molecule has 2 heterocycles.